The number of amides is 1. The van der Waals surface area contributed by atoms with Gasteiger partial charge in [-0.1, -0.05) is 54.2 Å². The second-order valence-corrected chi connectivity index (χ2v) is 7.84. The molecule has 0 saturated carbocycles. The van der Waals surface area contributed by atoms with Gasteiger partial charge in [0.2, 0.25) is 5.91 Å². The Morgan fingerprint density at radius 1 is 1.15 bits per heavy atom. The minimum absolute atomic E-state index is 0.00116. The number of nitrogens with zero attached hydrogens (tertiary/aromatic N) is 2. The number of aromatic nitrogens is 2. The Labute approximate surface area is 159 Å². The van der Waals surface area contributed by atoms with E-state index in [1.54, 1.807) is 17.7 Å². The Morgan fingerprint density at radius 3 is 2.92 bits per heavy atom. The molecule has 2 aromatic carbocycles. The van der Waals surface area contributed by atoms with Gasteiger partial charge in [0.1, 0.15) is 11.4 Å². The Balaban J connectivity index is 1.45. The first-order chi connectivity index (χ1) is 12.7. The summed E-state index contributed by atoms with van der Waals surface area (Å²) in [5.41, 5.74) is 2.06. The minimum atomic E-state index is -0.0543. The highest BCUT2D eigenvalue weighted by molar-refractivity contribution is 8.00. The Bertz CT molecular complexity index is 1070. The van der Waals surface area contributed by atoms with Crippen LogP contribution < -0.4 is 5.32 Å². The molecular weight excluding hydrogens is 362 g/mol. The van der Waals surface area contributed by atoms with Crippen LogP contribution in [0.15, 0.2) is 65.3 Å². The molecule has 4 nitrogen and oxygen atoms in total. The van der Waals surface area contributed by atoms with Gasteiger partial charge in [0.25, 0.3) is 0 Å². The SMILES string of the molecule is CC(NC(=O)CSc1ncnc2ccsc12)c1cccc2ccccc12. The number of hydrogen-bond donors (Lipinski definition) is 1. The molecule has 0 aliphatic carbocycles. The fourth-order valence-electron chi connectivity index (χ4n) is 2.99. The smallest absolute Gasteiger partial charge is 0.230 e. The lowest BCUT2D eigenvalue weighted by Crippen LogP contribution is -2.28. The van der Waals surface area contributed by atoms with Gasteiger partial charge in [-0.25, -0.2) is 9.97 Å². The highest BCUT2D eigenvalue weighted by atomic mass is 32.2. The van der Waals surface area contributed by atoms with E-state index in [0.717, 1.165) is 20.8 Å². The molecule has 2 heterocycles. The van der Waals surface area contributed by atoms with E-state index >= 15 is 0 Å². The molecule has 0 fully saturated rings. The zero-order chi connectivity index (χ0) is 17.9. The number of fused-ring (bicyclic) bond motifs is 2. The van der Waals surface area contributed by atoms with Crippen molar-refractivity contribution >= 4 is 50.0 Å². The first-order valence-corrected chi connectivity index (χ1v) is 10.2. The first kappa shape index (κ1) is 17.0. The Hall–Kier alpha value is -2.44. The highest BCUT2D eigenvalue weighted by Gasteiger charge is 2.14. The molecule has 4 rings (SSSR count). The molecule has 0 saturated heterocycles. The van der Waals surface area contributed by atoms with E-state index in [4.69, 9.17) is 0 Å². The zero-order valence-corrected chi connectivity index (χ0v) is 15.8. The predicted molar refractivity (Wildman–Crippen MR) is 109 cm³/mol. The van der Waals surface area contributed by atoms with Gasteiger partial charge in [0, 0.05) is 0 Å². The van der Waals surface area contributed by atoms with Gasteiger partial charge >= 0.3 is 0 Å². The average Bonchev–Trinajstić information content (AvgIpc) is 3.15. The van der Waals surface area contributed by atoms with Gasteiger partial charge in [0.05, 0.1) is 22.0 Å². The van der Waals surface area contributed by atoms with Crippen LogP contribution in [0.4, 0.5) is 0 Å². The van der Waals surface area contributed by atoms with Crippen molar-refractivity contribution < 1.29 is 4.79 Å². The van der Waals surface area contributed by atoms with Crippen molar-refractivity contribution in [3.8, 4) is 0 Å². The minimum Gasteiger partial charge on any atom is -0.349 e. The molecular formula is C20H17N3OS2. The van der Waals surface area contributed by atoms with Crippen LogP contribution in [0.2, 0.25) is 0 Å². The summed E-state index contributed by atoms with van der Waals surface area (Å²) in [6, 6.07) is 16.3. The zero-order valence-electron chi connectivity index (χ0n) is 14.2. The molecule has 1 amide bonds. The summed E-state index contributed by atoms with van der Waals surface area (Å²) >= 11 is 3.05. The van der Waals surface area contributed by atoms with E-state index in [-0.39, 0.29) is 11.9 Å². The van der Waals surface area contributed by atoms with E-state index in [0.29, 0.717) is 5.75 Å². The number of hydrogen-bond acceptors (Lipinski definition) is 5. The van der Waals surface area contributed by atoms with Crippen molar-refractivity contribution in [1.82, 2.24) is 15.3 Å². The van der Waals surface area contributed by atoms with Gasteiger partial charge in [-0.15, -0.1) is 11.3 Å². The maximum atomic E-state index is 12.4. The number of carbonyl (C=O) groups is 1. The number of carbonyl (C=O) groups excluding carboxylic acids is 1. The number of benzene rings is 2. The Kier molecular flexibility index (Phi) is 4.86. The Morgan fingerprint density at radius 2 is 2.00 bits per heavy atom. The molecule has 1 unspecified atom stereocenters. The molecule has 2 aromatic heterocycles. The third kappa shape index (κ3) is 3.43. The van der Waals surface area contributed by atoms with Gasteiger partial charge < -0.3 is 5.32 Å². The molecule has 0 aliphatic heterocycles. The van der Waals surface area contributed by atoms with Crippen LogP contribution in [-0.2, 0) is 4.79 Å². The number of rotatable bonds is 5. The van der Waals surface area contributed by atoms with Crippen LogP contribution in [0.3, 0.4) is 0 Å². The highest BCUT2D eigenvalue weighted by Crippen LogP contribution is 2.29. The van der Waals surface area contributed by atoms with E-state index in [9.17, 15) is 4.79 Å². The first-order valence-electron chi connectivity index (χ1n) is 8.30. The van der Waals surface area contributed by atoms with Gasteiger partial charge in [-0.2, -0.15) is 0 Å². The topological polar surface area (TPSA) is 54.9 Å². The van der Waals surface area contributed by atoms with Crippen molar-refractivity contribution in [1.29, 1.82) is 0 Å². The summed E-state index contributed by atoms with van der Waals surface area (Å²) in [4.78, 5) is 21.0. The quantitative estimate of drug-likeness (QED) is 0.399. The van der Waals surface area contributed by atoms with E-state index in [1.807, 2.05) is 36.6 Å². The standard InChI is InChI=1S/C20H17N3OS2/c1-13(15-8-4-6-14-5-2-3-7-16(14)15)23-18(24)11-26-20-19-17(9-10-25-19)21-12-22-20/h2-10,12-13H,11H2,1H3,(H,23,24). The fourth-order valence-corrected chi connectivity index (χ4v) is 4.75. The maximum absolute atomic E-state index is 12.4. The monoisotopic (exact) mass is 379 g/mol. The second kappa shape index (κ2) is 7.43. The molecule has 1 atom stereocenters. The predicted octanol–water partition coefficient (Wildman–Crippen LogP) is 4.81. The van der Waals surface area contributed by atoms with Crippen molar-refractivity contribution in [2.45, 2.75) is 18.0 Å². The third-order valence-corrected chi connectivity index (χ3v) is 6.25. The summed E-state index contributed by atoms with van der Waals surface area (Å²) in [5, 5.41) is 8.31. The summed E-state index contributed by atoms with van der Waals surface area (Å²) < 4.78 is 1.03. The van der Waals surface area contributed by atoms with Crippen LogP contribution in [0.5, 0.6) is 0 Å². The number of nitrogens with one attached hydrogen (secondary N) is 1. The van der Waals surface area contributed by atoms with Crippen molar-refractivity contribution in [2.24, 2.45) is 0 Å². The van der Waals surface area contributed by atoms with Crippen LogP contribution in [0.1, 0.15) is 18.5 Å². The van der Waals surface area contributed by atoms with E-state index < -0.39 is 0 Å². The lowest BCUT2D eigenvalue weighted by molar-refractivity contribution is -0.119. The second-order valence-electron chi connectivity index (χ2n) is 5.96. The summed E-state index contributed by atoms with van der Waals surface area (Å²) in [6.07, 6.45) is 1.55. The van der Waals surface area contributed by atoms with Crippen LogP contribution >= 0.6 is 23.1 Å². The number of thiophene rings is 1. The molecule has 6 heteroatoms. The van der Waals surface area contributed by atoms with Gasteiger partial charge in [0.15, 0.2) is 0 Å². The van der Waals surface area contributed by atoms with Crippen LogP contribution in [-0.4, -0.2) is 21.6 Å². The lowest BCUT2D eigenvalue weighted by atomic mass is 10.00. The molecule has 0 radical (unpaired) electrons. The number of thioether (sulfide) groups is 1. The van der Waals surface area contributed by atoms with Crippen molar-refractivity contribution in [2.75, 3.05) is 5.75 Å². The van der Waals surface area contributed by atoms with E-state index in [2.05, 4.69) is 39.6 Å². The fraction of sp³-hybridized carbons (Fsp3) is 0.150. The van der Waals surface area contributed by atoms with Crippen LogP contribution in [0.25, 0.3) is 21.0 Å². The largest absolute Gasteiger partial charge is 0.349 e. The van der Waals surface area contributed by atoms with Crippen molar-refractivity contribution in [3.05, 3.63) is 65.8 Å². The summed E-state index contributed by atoms with van der Waals surface area (Å²) in [7, 11) is 0. The van der Waals surface area contributed by atoms with Crippen molar-refractivity contribution in [3.63, 3.8) is 0 Å². The van der Waals surface area contributed by atoms with Crippen LogP contribution in [0, 0.1) is 0 Å². The molecule has 4 aromatic rings. The average molecular weight is 380 g/mol. The molecule has 0 spiro atoms. The molecule has 130 valence electrons. The van der Waals surface area contributed by atoms with E-state index in [1.165, 1.54) is 22.5 Å². The third-order valence-electron chi connectivity index (χ3n) is 4.22. The lowest BCUT2D eigenvalue weighted by Gasteiger charge is -2.16. The molecule has 26 heavy (non-hydrogen) atoms. The normalized spacial score (nSPS) is 12.3. The van der Waals surface area contributed by atoms with Gasteiger partial charge in [-0.3, -0.25) is 4.79 Å². The summed E-state index contributed by atoms with van der Waals surface area (Å²) in [5.74, 6) is 0.331. The molecule has 1 N–H and O–H groups in total. The summed E-state index contributed by atoms with van der Waals surface area (Å²) in [6.45, 7) is 2.02. The molecule has 0 aliphatic rings. The van der Waals surface area contributed by atoms with Gasteiger partial charge in [-0.05, 0) is 34.7 Å². The molecule has 0 bridgehead atoms. The maximum Gasteiger partial charge on any atom is 0.230 e.